The van der Waals surface area contributed by atoms with Gasteiger partial charge in [0.2, 0.25) is 6.79 Å². The van der Waals surface area contributed by atoms with Crippen LogP contribution in [0.4, 0.5) is 0 Å². The van der Waals surface area contributed by atoms with Crippen LogP contribution in [-0.4, -0.2) is 22.4 Å². The van der Waals surface area contributed by atoms with Crippen LogP contribution >= 0.6 is 15.9 Å². The molecule has 0 spiro atoms. The number of hydrogen-bond acceptors (Lipinski definition) is 4. The smallest absolute Gasteiger partial charge is 0.323 e. The SMILES string of the molecule is O=C(O)Cn1c(=O)c(-c2ccc3c(c2Br)OCO3)cc2ccccc21. The van der Waals surface area contributed by atoms with Gasteiger partial charge in [0.15, 0.2) is 11.5 Å². The molecule has 0 radical (unpaired) electrons. The first-order valence-electron chi connectivity index (χ1n) is 7.49. The van der Waals surface area contributed by atoms with Crippen molar-refractivity contribution in [2.45, 2.75) is 6.54 Å². The van der Waals surface area contributed by atoms with Gasteiger partial charge in [-0.2, -0.15) is 0 Å². The number of nitrogens with zero attached hydrogens (tertiary/aromatic N) is 1. The second-order valence-corrected chi connectivity index (χ2v) is 6.36. The highest BCUT2D eigenvalue weighted by molar-refractivity contribution is 9.10. The van der Waals surface area contributed by atoms with E-state index < -0.39 is 12.5 Å². The van der Waals surface area contributed by atoms with Crippen molar-refractivity contribution in [3.63, 3.8) is 0 Å². The van der Waals surface area contributed by atoms with E-state index in [9.17, 15) is 14.7 Å². The van der Waals surface area contributed by atoms with E-state index >= 15 is 0 Å². The molecule has 0 aliphatic carbocycles. The van der Waals surface area contributed by atoms with Gasteiger partial charge in [0.25, 0.3) is 5.56 Å². The van der Waals surface area contributed by atoms with Gasteiger partial charge in [-0.1, -0.05) is 18.2 Å². The first kappa shape index (κ1) is 15.7. The minimum atomic E-state index is -1.07. The number of halogens is 1. The number of carbonyl (C=O) groups is 1. The van der Waals surface area contributed by atoms with Gasteiger partial charge in [-0.25, -0.2) is 0 Å². The number of fused-ring (bicyclic) bond motifs is 2. The standard InChI is InChI=1S/C18H12BrNO5/c19-16-11(5-6-14-17(16)25-9-24-14)12-7-10-3-1-2-4-13(10)20(18(12)23)8-15(21)22/h1-7H,8-9H2,(H,21,22). The molecule has 4 rings (SSSR count). The van der Waals surface area contributed by atoms with E-state index in [-0.39, 0.29) is 12.4 Å². The lowest BCUT2D eigenvalue weighted by molar-refractivity contribution is -0.137. The zero-order valence-corrected chi connectivity index (χ0v) is 14.4. The number of ether oxygens (including phenoxy) is 2. The third-order valence-corrected chi connectivity index (χ3v) is 4.85. The van der Waals surface area contributed by atoms with Gasteiger partial charge in [-0.3, -0.25) is 14.2 Å². The van der Waals surface area contributed by atoms with Gasteiger partial charge in [0.05, 0.1) is 9.99 Å². The van der Waals surface area contributed by atoms with Gasteiger partial charge >= 0.3 is 5.97 Å². The summed E-state index contributed by atoms with van der Waals surface area (Å²) in [5.41, 5.74) is 1.22. The number of para-hydroxylation sites is 1. The molecule has 1 aliphatic rings. The van der Waals surface area contributed by atoms with Gasteiger partial charge in [-0.05, 0) is 45.6 Å². The Bertz CT molecular complexity index is 1070. The van der Waals surface area contributed by atoms with E-state index in [0.717, 1.165) is 5.39 Å². The van der Waals surface area contributed by atoms with Gasteiger partial charge in [-0.15, -0.1) is 0 Å². The molecule has 126 valence electrons. The van der Waals surface area contributed by atoms with Crippen molar-refractivity contribution >= 4 is 32.8 Å². The molecule has 0 unspecified atom stereocenters. The molecule has 1 aromatic heterocycles. The molecule has 3 aromatic rings. The van der Waals surface area contributed by atoms with E-state index in [0.29, 0.717) is 32.6 Å². The Morgan fingerprint density at radius 1 is 1.16 bits per heavy atom. The number of aliphatic carboxylic acids is 1. The molecule has 2 heterocycles. The van der Waals surface area contributed by atoms with Crippen LogP contribution < -0.4 is 15.0 Å². The molecular formula is C18H12BrNO5. The van der Waals surface area contributed by atoms with E-state index in [1.54, 1.807) is 30.3 Å². The Labute approximate surface area is 150 Å². The highest BCUT2D eigenvalue weighted by Crippen LogP contribution is 2.44. The van der Waals surface area contributed by atoms with E-state index in [4.69, 9.17) is 9.47 Å². The zero-order chi connectivity index (χ0) is 17.6. The van der Waals surface area contributed by atoms with E-state index in [1.165, 1.54) is 4.57 Å². The summed E-state index contributed by atoms with van der Waals surface area (Å²) in [6, 6.07) is 12.5. The lowest BCUT2D eigenvalue weighted by atomic mass is 10.0. The maximum atomic E-state index is 13.0. The summed E-state index contributed by atoms with van der Waals surface area (Å²) in [5, 5.41) is 9.97. The maximum absolute atomic E-state index is 13.0. The zero-order valence-electron chi connectivity index (χ0n) is 12.9. The minimum absolute atomic E-state index is 0.123. The van der Waals surface area contributed by atoms with E-state index in [2.05, 4.69) is 15.9 Å². The normalized spacial score (nSPS) is 12.5. The molecule has 2 aromatic carbocycles. The quantitative estimate of drug-likeness (QED) is 0.728. The van der Waals surface area contributed by atoms with Crippen molar-refractivity contribution in [3.05, 3.63) is 57.3 Å². The number of rotatable bonds is 3. The molecule has 25 heavy (non-hydrogen) atoms. The van der Waals surface area contributed by atoms with Crippen molar-refractivity contribution in [3.8, 4) is 22.6 Å². The predicted molar refractivity (Wildman–Crippen MR) is 95.1 cm³/mol. The average molecular weight is 402 g/mol. The predicted octanol–water partition coefficient (Wildman–Crippen LogP) is 3.24. The number of aromatic nitrogens is 1. The van der Waals surface area contributed by atoms with Gasteiger partial charge in [0.1, 0.15) is 6.54 Å². The fraction of sp³-hybridized carbons (Fsp3) is 0.111. The van der Waals surface area contributed by atoms with Crippen molar-refractivity contribution in [2.24, 2.45) is 0 Å². The Balaban J connectivity index is 2.02. The third kappa shape index (κ3) is 2.56. The Kier molecular flexibility index (Phi) is 3.73. The number of carboxylic acids is 1. The fourth-order valence-corrected chi connectivity index (χ4v) is 3.61. The first-order valence-corrected chi connectivity index (χ1v) is 8.28. The summed E-state index contributed by atoms with van der Waals surface area (Å²) in [6.07, 6.45) is 0. The minimum Gasteiger partial charge on any atom is -0.480 e. The second kappa shape index (κ2) is 5.93. The monoisotopic (exact) mass is 401 g/mol. The number of benzene rings is 2. The largest absolute Gasteiger partial charge is 0.480 e. The maximum Gasteiger partial charge on any atom is 0.323 e. The Morgan fingerprint density at radius 2 is 1.96 bits per heavy atom. The molecule has 0 atom stereocenters. The summed E-state index contributed by atoms with van der Waals surface area (Å²) >= 11 is 3.47. The van der Waals surface area contributed by atoms with Crippen LogP contribution in [0.3, 0.4) is 0 Å². The van der Waals surface area contributed by atoms with Crippen molar-refractivity contribution in [1.29, 1.82) is 0 Å². The first-order chi connectivity index (χ1) is 12.1. The van der Waals surface area contributed by atoms with Crippen molar-refractivity contribution in [1.82, 2.24) is 4.57 Å². The summed E-state index contributed by atoms with van der Waals surface area (Å²) in [6.45, 7) is -0.284. The van der Waals surface area contributed by atoms with Crippen LogP contribution in [0.2, 0.25) is 0 Å². The number of carboxylic acid groups (broad SMARTS) is 1. The molecule has 0 amide bonds. The lowest BCUT2D eigenvalue weighted by Crippen LogP contribution is -2.25. The van der Waals surface area contributed by atoms with Crippen LogP contribution in [0, 0.1) is 0 Å². The molecule has 1 aliphatic heterocycles. The van der Waals surface area contributed by atoms with Crippen LogP contribution in [0.1, 0.15) is 0 Å². The van der Waals surface area contributed by atoms with Gasteiger partial charge < -0.3 is 14.6 Å². The summed E-state index contributed by atoms with van der Waals surface area (Å²) in [7, 11) is 0. The molecule has 6 nitrogen and oxygen atoms in total. The number of hydrogen-bond donors (Lipinski definition) is 1. The second-order valence-electron chi connectivity index (χ2n) is 5.56. The summed E-state index contributed by atoms with van der Waals surface area (Å²) in [5.74, 6) is 0.0614. The van der Waals surface area contributed by atoms with Crippen molar-refractivity contribution in [2.75, 3.05) is 6.79 Å². The van der Waals surface area contributed by atoms with E-state index in [1.807, 2.05) is 12.1 Å². The fourth-order valence-electron chi connectivity index (χ4n) is 2.96. The molecule has 1 N–H and O–H groups in total. The lowest BCUT2D eigenvalue weighted by Gasteiger charge is -2.13. The molecule has 0 saturated heterocycles. The number of pyridine rings is 1. The van der Waals surface area contributed by atoms with Crippen molar-refractivity contribution < 1.29 is 19.4 Å². The highest BCUT2D eigenvalue weighted by atomic mass is 79.9. The van der Waals surface area contributed by atoms with Crippen LogP contribution in [-0.2, 0) is 11.3 Å². The molecule has 7 heteroatoms. The average Bonchev–Trinajstić information content (AvgIpc) is 3.07. The molecular weight excluding hydrogens is 390 g/mol. The molecule has 0 fully saturated rings. The molecule has 0 bridgehead atoms. The highest BCUT2D eigenvalue weighted by Gasteiger charge is 2.22. The van der Waals surface area contributed by atoms with Gasteiger partial charge in [0, 0.05) is 11.1 Å². The Morgan fingerprint density at radius 3 is 2.76 bits per heavy atom. The Hall–Kier alpha value is -2.80. The summed E-state index contributed by atoms with van der Waals surface area (Å²) in [4.78, 5) is 24.2. The van der Waals surface area contributed by atoms with Crippen LogP contribution in [0.15, 0.2) is 51.7 Å². The van der Waals surface area contributed by atoms with Crippen LogP contribution in [0.5, 0.6) is 11.5 Å². The summed E-state index contributed by atoms with van der Waals surface area (Å²) < 4.78 is 12.7. The topological polar surface area (TPSA) is 77.8 Å². The third-order valence-electron chi connectivity index (χ3n) is 4.07. The van der Waals surface area contributed by atoms with Crippen LogP contribution in [0.25, 0.3) is 22.0 Å². The molecule has 0 saturated carbocycles.